The first-order valence-corrected chi connectivity index (χ1v) is 4.11. The second-order valence-corrected chi connectivity index (χ2v) is 3.18. The van der Waals surface area contributed by atoms with E-state index in [0.29, 0.717) is 19.0 Å². The third-order valence-corrected chi connectivity index (χ3v) is 1.39. The fourth-order valence-corrected chi connectivity index (χ4v) is 0.963. The van der Waals surface area contributed by atoms with E-state index in [9.17, 15) is 9.50 Å². The summed E-state index contributed by atoms with van der Waals surface area (Å²) >= 11 is 0. The number of aliphatic hydroxyl groups excluding tert-OH is 1. The molecule has 0 aromatic carbocycles. The Bertz CT molecular complexity index is 88.2. The molecule has 0 amide bonds. The highest BCUT2D eigenvalue weighted by molar-refractivity contribution is 4.61. The molecule has 0 heterocycles. The molecule has 0 aromatic heterocycles. The molecule has 0 saturated carbocycles. The zero-order valence-corrected chi connectivity index (χ0v) is 7.31. The van der Waals surface area contributed by atoms with Gasteiger partial charge < -0.3 is 10.4 Å². The maximum absolute atomic E-state index is 11.6. The summed E-state index contributed by atoms with van der Waals surface area (Å²) in [7, 11) is 0. The summed E-state index contributed by atoms with van der Waals surface area (Å²) in [6.07, 6.45) is 0.445. The van der Waals surface area contributed by atoms with Gasteiger partial charge in [-0.2, -0.15) is 0 Å². The summed E-state index contributed by atoms with van der Waals surface area (Å²) in [5.41, 5.74) is 0. The van der Waals surface area contributed by atoms with Gasteiger partial charge in [0.15, 0.2) is 0 Å². The van der Waals surface area contributed by atoms with E-state index in [1.165, 1.54) is 0 Å². The number of rotatable bonds is 6. The molecule has 3 heteroatoms. The fraction of sp³-hybridized carbons (Fsp3) is 1.00. The van der Waals surface area contributed by atoms with Gasteiger partial charge in [-0.15, -0.1) is 0 Å². The molecule has 0 radical (unpaired) electrons. The lowest BCUT2D eigenvalue weighted by molar-refractivity contribution is 0.146. The zero-order valence-electron chi connectivity index (χ0n) is 7.31. The third kappa shape index (κ3) is 7.75. The Morgan fingerprint density at radius 1 is 1.45 bits per heavy atom. The van der Waals surface area contributed by atoms with Crippen molar-refractivity contribution in [2.45, 2.75) is 26.4 Å². The Kier molecular flexibility index (Phi) is 6.46. The SMILES string of the molecule is CC(C)CC(O)CNCCF. The first kappa shape index (κ1) is 10.8. The molecule has 1 unspecified atom stereocenters. The van der Waals surface area contributed by atoms with Crippen LogP contribution in [0.3, 0.4) is 0 Å². The summed E-state index contributed by atoms with van der Waals surface area (Å²) in [5.74, 6) is 0.497. The van der Waals surface area contributed by atoms with Crippen LogP contribution in [0.1, 0.15) is 20.3 Å². The number of halogens is 1. The molecule has 2 nitrogen and oxygen atoms in total. The highest BCUT2D eigenvalue weighted by atomic mass is 19.1. The van der Waals surface area contributed by atoms with Crippen molar-refractivity contribution in [3.05, 3.63) is 0 Å². The number of nitrogens with one attached hydrogen (secondary N) is 1. The van der Waals surface area contributed by atoms with E-state index < -0.39 is 0 Å². The van der Waals surface area contributed by atoms with Gasteiger partial charge in [-0.1, -0.05) is 13.8 Å². The van der Waals surface area contributed by atoms with Crippen LogP contribution in [0.25, 0.3) is 0 Å². The van der Waals surface area contributed by atoms with Crippen molar-refractivity contribution in [3.63, 3.8) is 0 Å². The molecule has 1 atom stereocenters. The maximum Gasteiger partial charge on any atom is 0.102 e. The molecule has 2 N–H and O–H groups in total. The Morgan fingerprint density at radius 2 is 2.09 bits per heavy atom. The first-order chi connectivity index (χ1) is 5.16. The molecule has 0 spiro atoms. The van der Waals surface area contributed by atoms with Gasteiger partial charge in [-0.25, -0.2) is 4.39 Å². The van der Waals surface area contributed by atoms with E-state index in [4.69, 9.17) is 0 Å². The van der Waals surface area contributed by atoms with Crippen molar-refractivity contribution in [2.24, 2.45) is 5.92 Å². The number of aliphatic hydroxyl groups is 1. The lowest BCUT2D eigenvalue weighted by atomic mass is 10.1. The van der Waals surface area contributed by atoms with Crippen molar-refractivity contribution in [2.75, 3.05) is 19.8 Å². The standard InChI is InChI=1S/C8H18FNO/c1-7(2)5-8(11)6-10-4-3-9/h7-8,10-11H,3-6H2,1-2H3. The topological polar surface area (TPSA) is 32.3 Å². The summed E-state index contributed by atoms with van der Waals surface area (Å²) < 4.78 is 11.6. The highest BCUT2D eigenvalue weighted by Gasteiger charge is 2.05. The Labute approximate surface area is 67.8 Å². The summed E-state index contributed by atoms with van der Waals surface area (Å²) in [4.78, 5) is 0. The average molecular weight is 163 g/mol. The number of alkyl halides is 1. The Balaban J connectivity index is 3.15. The molecule has 0 fully saturated rings. The summed E-state index contributed by atoms with van der Waals surface area (Å²) in [6.45, 7) is 4.59. The average Bonchev–Trinajstić information content (AvgIpc) is 1.86. The summed E-state index contributed by atoms with van der Waals surface area (Å²) in [6, 6.07) is 0. The number of hydrogen-bond donors (Lipinski definition) is 2. The van der Waals surface area contributed by atoms with E-state index in [1.54, 1.807) is 0 Å². The van der Waals surface area contributed by atoms with Gasteiger partial charge in [-0.3, -0.25) is 0 Å². The molecule has 0 bridgehead atoms. The van der Waals surface area contributed by atoms with Crippen LogP contribution in [0.5, 0.6) is 0 Å². The third-order valence-electron chi connectivity index (χ3n) is 1.39. The Morgan fingerprint density at radius 3 is 2.55 bits per heavy atom. The molecule has 11 heavy (non-hydrogen) atoms. The maximum atomic E-state index is 11.6. The monoisotopic (exact) mass is 163 g/mol. The van der Waals surface area contributed by atoms with E-state index >= 15 is 0 Å². The van der Waals surface area contributed by atoms with Crippen LogP contribution in [0, 0.1) is 5.92 Å². The smallest absolute Gasteiger partial charge is 0.102 e. The molecule has 0 aliphatic rings. The fourth-order valence-electron chi connectivity index (χ4n) is 0.963. The van der Waals surface area contributed by atoms with Crippen LogP contribution in [0.15, 0.2) is 0 Å². The molecular weight excluding hydrogens is 145 g/mol. The van der Waals surface area contributed by atoms with Crippen LogP contribution in [0.2, 0.25) is 0 Å². The van der Waals surface area contributed by atoms with Crippen molar-refractivity contribution >= 4 is 0 Å². The van der Waals surface area contributed by atoms with Crippen LogP contribution in [0.4, 0.5) is 4.39 Å². The van der Waals surface area contributed by atoms with Crippen LogP contribution >= 0.6 is 0 Å². The molecule has 68 valence electrons. The quantitative estimate of drug-likeness (QED) is 0.571. The zero-order chi connectivity index (χ0) is 8.69. The molecule has 0 aliphatic heterocycles. The van der Waals surface area contributed by atoms with Gasteiger partial charge >= 0.3 is 0 Å². The van der Waals surface area contributed by atoms with Crippen molar-refractivity contribution < 1.29 is 9.50 Å². The van der Waals surface area contributed by atoms with Crippen molar-refractivity contribution in [1.82, 2.24) is 5.32 Å². The number of hydrogen-bond acceptors (Lipinski definition) is 2. The van der Waals surface area contributed by atoms with Gasteiger partial charge in [0.2, 0.25) is 0 Å². The van der Waals surface area contributed by atoms with E-state index in [2.05, 4.69) is 19.2 Å². The van der Waals surface area contributed by atoms with E-state index in [1.807, 2.05) is 0 Å². The van der Waals surface area contributed by atoms with Crippen LogP contribution in [-0.4, -0.2) is 31.0 Å². The highest BCUT2D eigenvalue weighted by Crippen LogP contribution is 2.02. The Hall–Kier alpha value is -0.150. The van der Waals surface area contributed by atoms with Crippen molar-refractivity contribution in [3.8, 4) is 0 Å². The largest absolute Gasteiger partial charge is 0.392 e. The molecule has 0 aromatic rings. The van der Waals surface area contributed by atoms with Crippen molar-refractivity contribution in [1.29, 1.82) is 0 Å². The molecule has 0 saturated heterocycles. The lowest BCUT2D eigenvalue weighted by Gasteiger charge is -2.12. The minimum absolute atomic E-state index is 0.332. The van der Waals surface area contributed by atoms with Gasteiger partial charge in [0, 0.05) is 13.1 Å². The second-order valence-electron chi connectivity index (χ2n) is 3.18. The summed E-state index contributed by atoms with van der Waals surface area (Å²) in [5, 5.41) is 12.1. The van der Waals surface area contributed by atoms with E-state index in [0.717, 1.165) is 6.42 Å². The first-order valence-electron chi connectivity index (χ1n) is 4.11. The van der Waals surface area contributed by atoms with Gasteiger partial charge in [0.25, 0.3) is 0 Å². The van der Waals surface area contributed by atoms with Crippen LogP contribution < -0.4 is 5.32 Å². The molecule has 0 rings (SSSR count). The molecule has 0 aliphatic carbocycles. The molecular formula is C8H18FNO. The van der Waals surface area contributed by atoms with Gasteiger partial charge in [0.05, 0.1) is 6.10 Å². The second kappa shape index (κ2) is 6.55. The normalized spacial score (nSPS) is 13.9. The van der Waals surface area contributed by atoms with E-state index in [-0.39, 0.29) is 12.8 Å². The predicted molar refractivity (Wildman–Crippen MR) is 44.3 cm³/mol. The van der Waals surface area contributed by atoms with Gasteiger partial charge in [0.1, 0.15) is 6.67 Å². The lowest BCUT2D eigenvalue weighted by Crippen LogP contribution is -2.29. The van der Waals surface area contributed by atoms with Crippen LogP contribution in [-0.2, 0) is 0 Å². The minimum atomic E-state index is -0.367. The predicted octanol–water partition coefficient (Wildman–Crippen LogP) is 0.953. The minimum Gasteiger partial charge on any atom is -0.392 e. The van der Waals surface area contributed by atoms with Gasteiger partial charge in [-0.05, 0) is 12.3 Å².